The van der Waals surface area contributed by atoms with Crippen molar-refractivity contribution in [3.8, 4) is 33.4 Å². The summed E-state index contributed by atoms with van der Waals surface area (Å²) in [7, 11) is 0. The number of nitrogens with zero attached hydrogens (tertiary/aromatic N) is 1. The first-order valence-electron chi connectivity index (χ1n) is 20.6. The van der Waals surface area contributed by atoms with E-state index in [9.17, 15) is 0 Å². The van der Waals surface area contributed by atoms with Gasteiger partial charge < -0.3 is 4.90 Å². The molecule has 0 saturated heterocycles. The topological polar surface area (TPSA) is 3.24 Å². The van der Waals surface area contributed by atoms with Gasteiger partial charge in [0.25, 0.3) is 0 Å². The minimum atomic E-state index is 1.11. The largest absolute Gasteiger partial charge is 0.310 e. The molecule has 0 fully saturated rings. The van der Waals surface area contributed by atoms with Crippen molar-refractivity contribution in [2.24, 2.45) is 0 Å². The maximum absolute atomic E-state index is 2.44. The Morgan fingerprint density at radius 3 is 1.65 bits per heavy atom. The molecule has 0 spiro atoms. The van der Waals surface area contributed by atoms with Crippen molar-refractivity contribution in [2.75, 3.05) is 4.90 Å². The first-order valence-corrected chi connectivity index (χ1v) is 21.4. The van der Waals surface area contributed by atoms with E-state index in [1.807, 2.05) is 11.3 Å². The Balaban J connectivity index is 1.04. The quantitative estimate of drug-likeness (QED) is 0.152. The molecule has 11 aromatic carbocycles. The number of hydrogen-bond acceptors (Lipinski definition) is 2. The molecule has 0 saturated carbocycles. The third-order valence-electron chi connectivity index (χ3n) is 12.2. The van der Waals surface area contributed by atoms with E-state index < -0.39 is 0 Å². The molecule has 0 aliphatic carbocycles. The van der Waals surface area contributed by atoms with Crippen LogP contribution >= 0.6 is 11.3 Å². The van der Waals surface area contributed by atoms with Gasteiger partial charge in [-0.1, -0.05) is 176 Å². The highest BCUT2D eigenvalue weighted by Gasteiger charge is 2.19. The van der Waals surface area contributed by atoms with Crippen molar-refractivity contribution in [3.63, 3.8) is 0 Å². The fourth-order valence-corrected chi connectivity index (χ4v) is 10.6. The van der Waals surface area contributed by atoms with Gasteiger partial charge >= 0.3 is 0 Å². The van der Waals surface area contributed by atoms with Gasteiger partial charge in [-0.25, -0.2) is 0 Å². The predicted molar refractivity (Wildman–Crippen MR) is 260 cm³/mol. The van der Waals surface area contributed by atoms with Gasteiger partial charge in [0, 0.05) is 37.2 Å². The van der Waals surface area contributed by atoms with Gasteiger partial charge in [-0.05, 0) is 125 Å². The zero-order valence-electron chi connectivity index (χ0n) is 32.7. The van der Waals surface area contributed by atoms with Crippen LogP contribution in [0.4, 0.5) is 17.1 Å². The summed E-state index contributed by atoms with van der Waals surface area (Å²) in [5, 5.41) is 12.7. The molecule has 2 heteroatoms. The highest BCUT2D eigenvalue weighted by Crippen LogP contribution is 2.45. The highest BCUT2D eigenvalue weighted by molar-refractivity contribution is 7.26. The SMILES string of the molecule is c1ccc(-c2ccc(N(c3ccc4cc(-c5cc6ccccc6c6ccccc56)ccc4c3)c3ccc4c(c3)sc3c5ccccc5ccc43)cc2-c2ccccc2)cc1. The van der Waals surface area contributed by atoms with Crippen molar-refractivity contribution in [3.05, 3.63) is 224 Å². The summed E-state index contributed by atoms with van der Waals surface area (Å²) in [5.74, 6) is 0. The number of benzene rings is 11. The normalized spacial score (nSPS) is 11.7. The minimum absolute atomic E-state index is 1.11. The van der Waals surface area contributed by atoms with Crippen molar-refractivity contribution >= 4 is 91.7 Å². The van der Waals surface area contributed by atoms with Crippen LogP contribution in [0.25, 0.3) is 96.6 Å². The van der Waals surface area contributed by atoms with Crippen LogP contribution < -0.4 is 4.90 Å². The molecule has 0 aliphatic rings. The lowest BCUT2D eigenvalue weighted by Gasteiger charge is -2.27. The molecule has 0 bridgehead atoms. The van der Waals surface area contributed by atoms with E-state index in [0.717, 1.165) is 17.1 Å². The molecular weight excluding hydrogens is 743 g/mol. The second kappa shape index (κ2) is 14.1. The van der Waals surface area contributed by atoms with Crippen LogP contribution in [0.5, 0.6) is 0 Å². The molecule has 0 N–H and O–H groups in total. The van der Waals surface area contributed by atoms with Crippen LogP contribution in [0, 0.1) is 0 Å². The van der Waals surface area contributed by atoms with Crippen LogP contribution in [0.1, 0.15) is 0 Å². The Hall–Kier alpha value is -7.52. The van der Waals surface area contributed by atoms with E-state index >= 15 is 0 Å². The minimum Gasteiger partial charge on any atom is -0.310 e. The van der Waals surface area contributed by atoms with Gasteiger partial charge in [-0.3, -0.25) is 0 Å². The number of anilines is 3. The van der Waals surface area contributed by atoms with Gasteiger partial charge in [0.1, 0.15) is 0 Å². The van der Waals surface area contributed by atoms with Gasteiger partial charge in [-0.2, -0.15) is 0 Å². The average molecular weight is 780 g/mol. The summed E-state index contributed by atoms with van der Waals surface area (Å²) < 4.78 is 2.62. The third-order valence-corrected chi connectivity index (χ3v) is 13.4. The van der Waals surface area contributed by atoms with Crippen molar-refractivity contribution in [2.45, 2.75) is 0 Å². The van der Waals surface area contributed by atoms with Crippen LogP contribution in [-0.4, -0.2) is 0 Å². The standard InChI is InChI=1S/C58H37NS/c1-3-13-38(14-4-1)49-31-28-46(36-56(49)39-15-5-2-6-16-39)59(47-29-32-53-54-30-26-40-17-7-10-20-50(40)58(54)60-57(53)37-47)45-27-25-41-33-44(24-23-42(41)34-45)55-35-43-18-8-9-19-48(43)51-21-11-12-22-52(51)55/h1-37H. The predicted octanol–water partition coefficient (Wildman–Crippen LogP) is 17.1. The van der Waals surface area contributed by atoms with Crippen LogP contribution in [-0.2, 0) is 0 Å². The summed E-state index contributed by atoms with van der Waals surface area (Å²) in [6.45, 7) is 0. The van der Waals surface area contributed by atoms with Crippen LogP contribution in [0.3, 0.4) is 0 Å². The maximum atomic E-state index is 2.44. The molecule has 0 atom stereocenters. The maximum Gasteiger partial charge on any atom is 0.0476 e. The van der Waals surface area contributed by atoms with Gasteiger partial charge in [0.05, 0.1) is 0 Å². The Morgan fingerprint density at radius 2 is 0.833 bits per heavy atom. The Morgan fingerprint density at radius 1 is 0.267 bits per heavy atom. The molecule has 0 unspecified atom stereocenters. The summed E-state index contributed by atoms with van der Waals surface area (Å²) in [4.78, 5) is 2.44. The van der Waals surface area contributed by atoms with Crippen molar-refractivity contribution < 1.29 is 0 Å². The van der Waals surface area contributed by atoms with E-state index in [2.05, 4.69) is 229 Å². The molecule has 280 valence electrons. The fourth-order valence-electron chi connectivity index (χ4n) is 9.31. The molecular formula is C58H37NS. The summed E-state index contributed by atoms with van der Waals surface area (Å²) >= 11 is 1.89. The van der Waals surface area contributed by atoms with E-state index in [1.54, 1.807) is 0 Å². The molecule has 0 amide bonds. The monoisotopic (exact) mass is 779 g/mol. The lowest BCUT2D eigenvalue weighted by Crippen LogP contribution is -2.10. The fraction of sp³-hybridized carbons (Fsp3) is 0. The van der Waals surface area contributed by atoms with Gasteiger partial charge in [0.2, 0.25) is 0 Å². The van der Waals surface area contributed by atoms with Crippen LogP contribution in [0.2, 0.25) is 0 Å². The summed E-state index contributed by atoms with van der Waals surface area (Å²) in [6.07, 6.45) is 0. The van der Waals surface area contributed by atoms with E-state index in [4.69, 9.17) is 0 Å². The van der Waals surface area contributed by atoms with Gasteiger partial charge in [-0.15, -0.1) is 11.3 Å². The highest BCUT2D eigenvalue weighted by atomic mass is 32.1. The first kappa shape index (κ1) is 34.5. The Kier molecular flexibility index (Phi) is 8.11. The van der Waals surface area contributed by atoms with Crippen molar-refractivity contribution in [1.82, 2.24) is 0 Å². The second-order valence-electron chi connectivity index (χ2n) is 15.7. The molecule has 0 radical (unpaired) electrons. The lowest BCUT2D eigenvalue weighted by molar-refractivity contribution is 1.30. The van der Waals surface area contributed by atoms with Gasteiger partial charge in [0.15, 0.2) is 0 Å². The lowest BCUT2D eigenvalue weighted by atomic mass is 9.92. The average Bonchev–Trinajstić information content (AvgIpc) is 3.70. The van der Waals surface area contributed by atoms with E-state index in [-0.39, 0.29) is 0 Å². The Bertz CT molecular complexity index is 3600. The molecule has 1 nitrogen and oxygen atoms in total. The molecule has 60 heavy (non-hydrogen) atoms. The van der Waals surface area contributed by atoms with E-state index in [0.29, 0.717) is 0 Å². The number of thiophene rings is 1. The third kappa shape index (κ3) is 5.76. The molecule has 12 aromatic rings. The zero-order valence-corrected chi connectivity index (χ0v) is 33.5. The number of fused-ring (bicyclic) bond motifs is 9. The molecule has 0 aliphatic heterocycles. The Labute approximate surface area is 352 Å². The van der Waals surface area contributed by atoms with Crippen LogP contribution in [0.15, 0.2) is 224 Å². The second-order valence-corrected chi connectivity index (χ2v) is 16.7. The number of hydrogen-bond donors (Lipinski definition) is 0. The molecule has 12 rings (SSSR count). The first-order chi connectivity index (χ1) is 29.7. The zero-order chi connectivity index (χ0) is 39.6. The summed E-state index contributed by atoms with van der Waals surface area (Å²) in [6, 6.07) is 82.5. The molecule has 1 heterocycles. The molecule has 1 aromatic heterocycles. The smallest absolute Gasteiger partial charge is 0.0476 e. The summed E-state index contributed by atoms with van der Waals surface area (Å²) in [5.41, 5.74) is 10.6. The number of rotatable bonds is 6. The van der Waals surface area contributed by atoms with Crippen molar-refractivity contribution in [1.29, 1.82) is 0 Å². The van der Waals surface area contributed by atoms with E-state index in [1.165, 1.54) is 96.6 Å².